The van der Waals surface area contributed by atoms with Crippen LogP contribution >= 0.6 is 0 Å². The minimum Gasteiger partial charge on any atom is -0.379 e. The summed E-state index contributed by atoms with van der Waals surface area (Å²) < 4.78 is 5.66. The Morgan fingerprint density at radius 3 is 2.26 bits per heavy atom. The molecule has 0 aromatic heterocycles. The van der Waals surface area contributed by atoms with Crippen LogP contribution in [0.4, 0.5) is 0 Å². The van der Waals surface area contributed by atoms with Gasteiger partial charge in [-0.3, -0.25) is 0 Å². The molecule has 1 saturated carbocycles. The molecule has 1 N–H and O–H groups in total. The average molecular weight is 259 g/mol. The van der Waals surface area contributed by atoms with E-state index < -0.39 is 0 Å². The predicted octanol–water partition coefficient (Wildman–Crippen LogP) is 2.88. The highest BCUT2D eigenvalue weighted by Crippen LogP contribution is 2.62. The summed E-state index contributed by atoms with van der Waals surface area (Å²) in [6.07, 6.45) is 2.67. The Balaban J connectivity index is 2.06. The summed E-state index contributed by atoms with van der Waals surface area (Å²) in [6, 6.07) is 4.64. The molecule has 2 aliphatic rings. The van der Waals surface area contributed by atoms with Gasteiger partial charge < -0.3 is 10.1 Å². The van der Waals surface area contributed by atoms with Gasteiger partial charge in [-0.1, -0.05) is 12.1 Å². The van der Waals surface area contributed by atoms with E-state index in [1.165, 1.54) is 35.1 Å². The third-order valence-electron chi connectivity index (χ3n) is 5.65. The number of ether oxygens (including phenoxy) is 1. The van der Waals surface area contributed by atoms with Crippen molar-refractivity contribution in [2.45, 2.75) is 39.0 Å². The highest BCUT2D eigenvalue weighted by Gasteiger charge is 2.63. The Morgan fingerprint density at radius 1 is 1.11 bits per heavy atom. The van der Waals surface area contributed by atoms with Crippen molar-refractivity contribution in [2.75, 3.05) is 26.8 Å². The van der Waals surface area contributed by atoms with Crippen molar-refractivity contribution >= 4 is 0 Å². The molecule has 2 heteroatoms. The first-order valence-electron chi connectivity index (χ1n) is 7.36. The minimum atomic E-state index is 0.262. The number of hydrogen-bond acceptors (Lipinski definition) is 2. The first kappa shape index (κ1) is 13.1. The maximum absolute atomic E-state index is 5.66. The Kier molecular flexibility index (Phi) is 2.99. The summed E-state index contributed by atoms with van der Waals surface area (Å²) in [7, 11) is 2.07. The largest absolute Gasteiger partial charge is 0.379 e. The van der Waals surface area contributed by atoms with Crippen LogP contribution in [-0.2, 0) is 10.2 Å². The summed E-state index contributed by atoms with van der Waals surface area (Å²) in [5, 5.41) is 3.40. The van der Waals surface area contributed by atoms with Gasteiger partial charge in [-0.05, 0) is 68.3 Å². The molecule has 2 nitrogen and oxygen atoms in total. The first-order valence-corrected chi connectivity index (χ1v) is 7.36. The topological polar surface area (TPSA) is 21.3 Å². The normalized spacial score (nSPS) is 22.9. The molecule has 0 amide bonds. The van der Waals surface area contributed by atoms with E-state index in [0.29, 0.717) is 5.41 Å². The monoisotopic (exact) mass is 259 g/mol. The average Bonchev–Trinajstić information content (AvgIpc) is 3.09. The number of benzene rings is 1. The summed E-state index contributed by atoms with van der Waals surface area (Å²) in [4.78, 5) is 0. The van der Waals surface area contributed by atoms with Crippen molar-refractivity contribution in [3.63, 3.8) is 0 Å². The van der Waals surface area contributed by atoms with E-state index in [4.69, 9.17) is 4.74 Å². The van der Waals surface area contributed by atoms with E-state index in [0.717, 1.165) is 19.8 Å². The predicted molar refractivity (Wildman–Crippen MR) is 78.7 cm³/mol. The van der Waals surface area contributed by atoms with Gasteiger partial charge in [-0.15, -0.1) is 0 Å². The Bertz CT molecular complexity index is 498. The van der Waals surface area contributed by atoms with E-state index in [-0.39, 0.29) is 5.41 Å². The van der Waals surface area contributed by atoms with Crippen molar-refractivity contribution < 1.29 is 4.74 Å². The lowest BCUT2D eigenvalue weighted by Crippen LogP contribution is -2.56. The van der Waals surface area contributed by atoms with Crippen LogP contribution in [0, 0.1) is 26.2 Å². The van der Waals surface area contributed by atoms with Crippen LogP contribution in [0.25, 0.3) is 0 Å². The Morgan fingerprint density at radius 2 is 1.79 bits per heavy atom. The molecule has 0 bridgehead atoms. The van der Waals surface area contributed by atoms with Gasteiger partial charge in [0.05, 0.1) is 13.2 Å². The second-order valence-corrected chi connectivity index (χ2v) is 6.57. The second-order valence-electron chi connectivity index (χ2n) is 6.57. The quantitative estimate of drug-likeness (QED) is 0.897. The van der Waals surface area contributed by atoms with Crippen LogP contribution in [-0.4, -0.2) is 26.8 Å². The molecular weight excluding hydrogens is 234 g/mol. The van der Waals surface area contributed by atoms with Gasteiger partial charge in [-0.25, -0.2) is 0 Å². The van der Waals surface area contributed by atoms with Gasteiger partial charge in [0.2, 0.25) is 0 Å². The molecule has 1 aliphatic carbocycles. The molecule has 0 unspecified atom stereocenters. The summed E-state index contributed by atoms with van der Waals surface area (Å²) in [5.41, 5.74) is 6.56. The van der Waals surface area contributed by atoms with Crippen molar-refractivity contribution in [3.05, 3.63) is 34.4 Å². The molecular formula is C17H25NO. The SMILES string of the molecule is CNCC1(C2(c3ccc(C)c(C)c3C)COC2)CC1. The number of hydrogen-bond donors (Lipinski definition) is 1. The molecule has 1 heterocycles. The third-order valence-corrected chi connectivity index (χ3v) is 5.65. The minimum absolute atomic E-state index is 0.262. The van der Waals surface area contributed by atoms with Gasteiger partial charge in [0.15, 0.2) is 0 Å². The van der Waals surface area contributed by atoms with Crippen molar-refractivity contribution in [1.82, 2.24) is 5.32 Å². The van der Waals surface area contributed by atoms with E-state index in [1.807, 2.05) is 0 Å². The van der Waals surface area contributed by atoms with Crippen LogP contribution in [0.1, 0.15) is 35.1 Å². The zero-order chi connectivity index (χ0) is 13.7. The lowest BCUT2D eigenvalue weighted by Gasteiger charge is -2.49. The zero-order valence-electron chi connectivity index (χ0n) is 12.6. The molecule has 0 spiro atoms. The van der Waals surface area contributed by atoms with E-state index in [2.05, 4.69) is 45.3 Å². The van der Waals surface area contributed by atoms with Crippen molar-refractivity contribution in [1.29, 1.82) is 0 Å². The summed E-state index contributed by atoms with van der Waals surface area (Å²) >= 11 is 0. The highest BCUT2D eigenvalue weighted by atomic mass is 16.5. The molecule has 1 aliphatic heterocycles. The fourth-order valence-corrected chi connectivity index (χ4v) is 3.84. The third kappa shape index (κ3) is 1.70. The first-order chi connectivity index (χ1) is 9.06. The maximum Gasteiger partial charge on any atom is 0.0591 e. The van der Waals surface area contributed by atoms with Crippen LogP contribution in [0.5, 0.6) is 0 Å². The number of aryl methyl sites for hydroxylation is 1. The van der Waals surface area contributed by atoms with Crippen LogP contribution in [0.3, 0.4) is 0 Å². The van der Waals surface area contributed by atoms with Crippen LogP contribution in [0.15, 0.2) is 12.1 Å². The summed E-state index contributed by atoms with van der Waals surface area (Å²) in [6.45, 7) is 9.65. The van der Waals surface area contributed by atoms with Gasteiger partial charge in [-0.2, -0.15) is 0 Å². The van der Waals surface area contributed by atoms with Crippen LogP contribution in [0.2, 0.25) is 0 Å². The van der Waals surface area contributed by atoms with Gasteiger partial charge in [0.25, 0.3) is 0 Å². The molecule has 1 aromatic carbocycles. The van der Waals surface area contributed by atoms with Gasteiger partial charge >= 0.3 is 0 Å². The summed E-state index contributed by atoms with van der Waals surface area (Å²) in [5.74, 6) is 0. The second kappa shape index (κ2) is 4.32. The Hall–Kier alpha value is -0.860. The van der Waals surface area contributed by atoms with Crippen molar-refractivity contribution in [2.24, 2.45) is 5.41 Å². The fraction of sp³-hybridized carbons (Fsp3) is 0.647. The van der Waals surface area contributed by atoms with Crippen molar-refractivity contribution in [3.8, 4) is 0 Å². The fourth-order valence-electron chi connectivity index (χ4n) is 3.84. The molecule has 2 fully saturated rings. The molecule has 3 rings (SSSR count). The lowest BCUT2D eigenvalue weighted by atomic mass is 9.64. The van der Waals surface area contributed by atoms with E-state index in [1.54, 1.807) is 0 Å². The molecule has 1 aromatic rings. The molecule has 1 saturated heterocycles. The number of nitrogens with one attached hydrogen (secondary N) is 1. The van der Waals surface area contributed by atoms with E-state index >= 15 is 0 Å². The van der Waals surface area contributed by atoms with Crippen LogP contribution < -0.4 is 5.32 Å². The zero-order valence-corrected chi connectivity index (χ0v) is 12.6. The number of rotatable bonds is 4. The van der Waals surface area contributed by atoms with Gasteiger partial charge in [0, 0.05) is 12.0 Å². The molecule has 104 valence electrons. The highest BCUT2D eigenvalue weighted by molar-refractivity contribution is 5.46. The molecule has 0 radical (unpaired) electrons. The smallest absolute Gasteiger partial charge is 0.0591 e. The van der Waals surface area contributed by atoms with Gasteiger partial charge in [0.1, 0.15) is 0 Å². The molecule has 19 heavy (non-hydrogen) atoms. The standard InChI is InChI=1S/C17H25NO/c1-12-5-6-15(14(3)13(12)2)17(10-19-11-17)16(7-8-16)9-18-4/h5-6,18H,7-11H2,1-4H3. The molecule has 0 atom stereocenters. The Labute approximate surface area is 116 Å². The van der Waals surface area contributed by atoms with E-state index in [9.17, 15) is 0 Å². The lowest BCUT2D eigenvalue weighted by molar-refractivity contribution is -0.0989. The maximum atomic E-state index is 5.66.